The van der Waals surface area contributed by atoms with Crippen LogP contribution in [0.1, 0.15) is 32.1 Å². The van der Waals surface area contributed by atoms with Crippen LogP contribution < -0.4 is 0 Å². The van der Waals surface area contributed by atoms with E-state index < -0.39 is 6.10 Å². The number of hydrogen-bond donors (Lipinski definition) is 1. The summed E-state index contributed by atoms with van der Waals surface area (Å²) in [4.78, 5) is 28.3. The number of carbonyl (C=O) groups excluding carboxylic acids is 2. The van der Waals surface area contributed by atoms with Crippen molar-refractivity contribution < 1.29 is 24.2 Å². The number of aliphatic hydroxyl groups is 1. The van der Waals surface area contributed by atoms with E-state index >= 15 is 0 Å². The average Bonchev–Trinajstić information content (AvgIpc) is 2.88. The first kappa shape index (κ1) is 17.6. The highest BCUT2D eigenvalue weighted by Gasteiger charge is 2.38. The fourth-order valence-corrected chi connectivity index (χ4v) is 3.82. The number of amides is 2. The molecule has 3 heterocycles. The highest BCUT2D eigenvalue weighted by molar-refractivity contribution is 5.87. The highest BCUT2D eigenvalue weighted by Crippen LogP contribution is 2.33. The predicted octanol–water partition coefficient (Wildman–Crippen LogP) is 0.0154. The van der Waals surface area contributed by atoms with E-state index in [0.717, 1.165) is 25.7 Å². The topological polar surface area (TPSA) is 79.3 Å². The Labute approximate surface area is 142 Å². The Morgan fingerprint density at radius 3 is 2.75 bits per heavy atom. The minimum absolute atomic E-state index is 0.0211. The molecule has 0 aromatic carbocycles. The third-order valence-corrected chi connectivity index (χ3v) is 5.42. The lowest BCUT2D eigenvalue weighted by molar-refractivity contribution is -0.146. The van der Waals surface area contributed by atoms with Gasteiger partial charge in [-0.15, -0.1) is 0 Å². The number of likely N-dealkylation sites (tertiary alicyclic amines) is 1. The number of nitrogens with zero attached hydrogens (tertiary/aromatic N) is 2. The lowest BCUT2D eigenvalue weighted by atomic mass is 9.80. The van der Waals surface area contributed by atoms with Gasteiger partial charge < -0.3 is 24.4 Å². The molecule has 3 fully saturated rings. The molecule has 1 spiro atoms. The molecule has 0 saturated carbocycles. The molecule has 136 valence electrons. The van der Waals surface area contributed by atoms with Crippen molar-refractivity contribution in [3.63, 3.8) is 0 Å². The first-order valence-electron chi connectivity index (χ1n) is 9.00. The highest BCUT2D eigenvalue weighted by atomic mass is 16.5. The normalized spacial score (nSPS) is 28.5. The zero-order valence-corrected chi connectivity index (χ0v) is 14.2. The molecule has 1 unspecified atom stereocenters. The summed E-state index contributed by atoms with van der Waals surface area (Å²) in [6.45, 7) is 4.45. The van der Waals surface area contributed by atoms with Gasteiger partial charge in [0.15, 0.2) is 0 Å². The molecule has 24 heavy (non-hydrogen) atoms. The third kappa shape index (κ3) is 4.07. The number of ether oxygens (including phenoxy) is 2. The van der Waals surface area contributed by atoms with Gasteiger partial charge in [0.25, 0.3) is 5.91 Å². The first-order valence-corrected chi connectivity index (χ1v) is 9.00. The van der Waals surface area contributed by atoms with Crippen molar-refractivity contribution in [2.75, 3.05) is 52.6 Å². The predicted molar refractivity (Wildman–Crippen MR) is 86.3 cm³/mol. The molecule has 0 bridgehead atoms. The molecule has 0 radical (unpaired) electrons. The Morgan fingerprint density at radius 1 is 1.17 bits per heavy atom. The third-order valence-electron chi connectivity index (χ3n) is 5.42. The summed E-state index contributed by atoms with van der Waals surface area (Å²) in [7, 11) is 0. The van der Waals surface area contributed by atoms with Crippen molar-refractivity contribution in [3.05, 3.63) is 0 Å². The van der Waals surface area contributed by atoms with Gasteiger partial charge in [0.2, 0.25) is 5.91 Å². The largest absolute Gasteiger partial charge is 0.383 e. The van der Waals surface area contributed by atoms with Gasteiger partial charge in [-0.1, -0.05) is 0 Å². The van der Waals surface area contributed by atoms with E-state index in [0.29, 0.717) is 52.5 Å². The molecule has 3 aliphatic rings. The fourth-order valence-electron chi connectivity index (χ4n) is 3.82. The Morgan fingerprint density at radius 2 is 1.96 bits per heavy atom. The van der Waals surface area contributed by atoms with Crippen LogP contribution in [-0.4, -0.2) is 85.4 Å². The summed E-state index contributed by atoms with van der Waals surface area (Å²) in [6, 6.07) is 0. The van der Waals surface area contributed by atoms with Crippen LogP contribution in [0, 0.1) is 5.41 Å². The van der Waals surface area contributed by atoms with Crippen molar-refractivity contribution in [3.8, 4) is 0 Å². The van der Waals surface area contributed by atoms with Gasteiger partial charge in [0.1, 0.15) is 6.10 Å². The molecular formula is C17H28N2O5. The second-order valence-electron chi connectivity index (χ2n) is 7.25. The second kappa shape index (κ2) is 7.80. The Kier molecular flexibility index (Phi) is 5.73. The minimum atomic E-state index is -0.963. The summed E-state index contributed by atoms with van der Waals surface area (Å²) < 4.78 is 11.2. The molecular weight excluding hydrogens is 312 g/mol. The van der Waals surface area contributed by atoms with Crippen molar-refractivity contribution in [1.29, 1.82) is 0 Å². The van der Waals surface area contributed by atoms with Crippen LogP contribution in [0.5, 0.6) is 0 Å². The number of hydrogen-bond acceptors (Lipinski definition) is 5. The van der Waals surface area contributed by atoms with E-state index in [4.69, 9.17) is 9.47 Å². The molecule has 7 heteroatoms. The van der Waals surface area contributed by atoms with Gasteiger partial charge in [-0.05, 0) is 32.1 Å². The number of aliphatic hydroxyl groups excluding tert-OH is 1. The molecule has 0 aromatic heterocycles. The van der Waals surface area contributed by atoms with Gasteiger partial charge in [0.05, 0.1) is 19.8 Å². The summed E-state index contributed by atoms with van der Waals surface area (Å²) in [5.41, 5.74) is -0.0211. The van der Waals surface area contributed by atoms with Gasteiger partial charge in [-0.3, -0.25) is 9.59 Å². The molecule has 1 N–H and O–H groups in total. The Balaban J connectivity index is 1.63. The summed E-state index contributed by atoms with van der Waals surface area (Å²) >= 11 is 0. The SMILES string of the molecule is O=C(CN1CCCCC(O)C1=O)N1CCOCC2(CCOCC2)C1. The molecule has 7 nitrogen and oxygen atoms in total. The summed E-state index contributed by atoms with van der Waals surface area (Å²) in [6.07, 6.45) is 2.98. The van der Waals surface area contributed by atoms with Crippen LogP contribution in [0.3, 0.4) is 0 Å². The minimum Gasteiger partial charge on any atom is -0.383 e. The van der Waals surface area contributed by atoms with E-state index in [1.165, 1.54) is 4.90 Å². The van der Waals surface area contributed by atoms with Gasteiger partial charge in [-0.25, -0.2) is 0 Å². The number of carbonyl (C=O) groups is 2. The standard InChI is InChI=1S/C17H28N2O5/c20-14-3-1-2-6-18(16(14)22)11-15(21)19-7-10-24-13-17(12-19)4-8-23-9-5-17/h14,20H,1-13H2. The maximum atomic E-state index is 12.8. The zero-order valence-electron chi connectivity index (χ0n) is 14.2. The van der Waals surface area contributed by atoms with E-state index in [9.17, 15) is 14.7 Å². The lowest BCUT2D eigenvalue weighted by Gasteiger charge is -2.38. The molecule has 0 aromatic rings. The van der Waals surface area contributed by atoms with Crippen molar-refractivity contribution in [2.45, 2.75) is 38.2 Å². The van der Waals surface area contributed by atoms with Crippen LogP contribution in [0.25, 0.3) is 0 Å². The van der Waals surface area contributed by atoms with Gasteiger partial charge in [-0.2, -0.15) is 0 Å². The first-order chi connectivity index (χ1) is 11.6. The van der Waals surface area contributed by atoms with Crippen LogP contribution in [0.2, 0.25) is 0 Å². The lowest BCUT2D eigenvalue weighted by Crippen LogP contribution is -2.49. The maximum Gasteiger partial charge on any atom is 0.251 e. The Hall–Kier alpha value is -1.18. The van der Waals surface area contributed by atoms with E-state index in [-0.39, 0.29) is 23.8 Å². The monoisotopic (exact) mass is 340 g/mol. The summed E-state index contributed by atoms with van der Waals surface area (Å²) in [5.74, 6) is -0.360. The van der Waals surface area contributed by atoms with Gasteiger partial charge in [0, 0.05) is 38.3 Å². The van der Waals surface area contributed by atoms with Crippen LogP contribution in [0.4, 0.5) is 0 Å². The molecule has 3 aliphatic heterocycles. The molecule has 2 amide bonds. The fraction of sp³-hybridized carbons (Fsp3) is 0.882. The smallest absolute Gasteiger partial charge is 0.251 e. The van der Waals surface area contributed by atoms with E-state index in [1.807, 2.05) is 4.90 Å². The molecule has 1 atom stereocenters. The van der Waals surface area contributed by atoms with Crippen LogP contribution >= 0.6 is 0 Å². The van der Waals surface area contributed by atoms with Crippen molar-refractivity contribution >= 4 is 11.8 Å². The molecule has 0 aliphatic carbocycles. The van der Waals surface area contributed by atoms with Gasteiger partial charge >= 0.3 is 0 Å². The maximum absolute atomic E-state index is 12.8. The van der Waals surface area contributed by atoms with Crippen LogP contribution in [-0.2, 0) is 19.1 Å². The zero-order chi connectivity index (χ0) is 17.0. The second-order valence-corrected chi connectivity index (χ2v) is 7.25. The van der Waals surface area contributed by atoms with Crippen molar-refractivity contribution in [2.24, 2.45) is 5.41 Å². The quantitative estimate of drug-likeness (QED) is 0.766. The summed E-state index contributed by atoms with van der Waals surface area (Å²) in [5, 5.41) is 9.85. The molecule has 3 saturated heterocycles. The average molecular weight is 340 g/mol. The van der Waals surface area contributed by atoms with Crippen LogP contribution in [0.15, 0.2) is 0 Å². The van der Waals surface area contributed by atoms with Crippen molar-refractivity contribution in [1.82, 2.24) is 9.80 Å². The number of rotatable bonds is 2. The van der Waals surface area contributed by atoms with E-state index in [2.05, 4.69) is 0 Å². The van der Waals surface area contributed by atoms with E-state index in [1.54, 1.807) is 0 Å². The Bertz CT molecular complexity index is 464. The molecule has 3 rings (SSSR count).